The highest BCUT2D eigenvalue weighted by Gasteiger charge is 2.24. The Kier molecular flexibility index (Phi) is 6.32. The lowest BCUT2D eigenvalue weighted by Crippen LogP contribution is -2.57. The van der Waals surface area contributed by atoms with Crippen LogP contribution >= 0.6 is 0 Å². The molecule has 17 heavy (non-hydrogen) atoms. The van der Waals surface area contributed by atoms with E-state index in [1.807, 2.05) is 0 Å². The number of nitrogens with zero attached hydrogens (tertiary/aromatic N) is 3. The zero-order valence-electron chi connectivity index (χ0n) is 10.9. The van der Waals surface area contributed by atoms with Gasteiger partial charge in [-0.15, -0.1) is 0 Å². The van der Waals surface area contributed by atoms with Gasteiger partial charge in [-0.25, -0.2) is 0 Å². The molecule has 6 nitrogen and oxygen atoms in total. The molecule has 0 aromatic heterocycles. The van der Waals surface area contributed by atoms with Crippen molar-refractivity contribution in [2.45, 2.75) is 26.1 Å². The summed E-state index contributed by atoms with van der Waals surface area (Å²) >= 11 is 0. The Morgan fingerprint density at radius 1 is 0.941 bits per heavy atom. The molecular weight excluding hydrogens is 220 g/mol. The van der Waals surface area contributed by atoms with Gasteiger partial charge in [0.25, 0.3) is 0 Å². The van der Waals surface area contributed by atoms with Crippen LogP contribution in [-0.4, -0.2) is 83.3 Å². The molecule has 2 unspecified atom stereocenters. The SMILES string of the molecule is CC(O)CN1CN(CCN)CN(CC(C)O)C1. The van der Waals surface area contributed by atoms with Gasteiger partial charge in [-0.2, -0.15) is 0 Å². The van der Waals surface area contributed by atoms with Crippen molar-refractivity contribution in [3.8, 4) is 0 Å². The van der Waals surface area contributed by atoms with E-state index in [1.165, 1.54) is 0 Å². The second-order valence-corrected chi connectivity index (χ2v) is 5.01. The summed E-state index contributed by atoms with van der Waals surface area (Å²) in [4.78, 5) is 6.58. The maximum absolute atomic E-state index is 9.44. The minimum atomic E-state index is -0.332. The number of aliphatic hydroxyl groups is 2. The van der Waals surface area contributed by atoms with E-state index in [0.29, 0.717) is 19.6 Å². The van der Waals surface area contributed by atoms with Crippen LogP contribution in [0.5, 0.6) is 0 Å². The summed E-state index contributed by atoms with van der Waals surface area (Å²) in [6, 6.07) is 0. The molecule has 0 amide bonds. The van der Waals surface area contributed by atoms with Gasteiger partial charge < -0.3 is 15.9 Å². The number of hydrogen-bond donors (Lipinski definition) is 3. The average Bonchev–Trinajstić information content (AvgIpc) is 2.14. The predicted molar refractivity (Wildman–Crippen MR) is 67.1 cm³/mol. The summed E-state index contributed by atoms with van der Waals surface area (Å²) in [5.74, 6) is 0. The second-order valence-electron chi connectivity index (χ2n) is 5.01. The monoisotopic (exact) mass is 246 g/mol. The van der Waals surface area contributed by atoms with Crippen molar-refractivity contribution in [1.29, 1.82) is 0 Å². The van der Waals surface area contributed by atoms with Gasteiger partial charge in [0.05, 0.1) is 32.2 Å². The Bertz CT molecular complexity index is 196. The highest BCUT2D eigenvalue weighted by Crippen LogP contribution is 2.08. The van der Waals surface area contributed by atoms with Crippen LogP contribution in [0.1, 0.15) is 13.8 Å². The lowest BCUT2D eigenvalue weighted by atomic mass is 10.3. The fourth-order valence-electron chi connectivity index (χ4n) is 2.28. The average molecular weight is 246 g/mol. The molecular formula is C11H26N4O2. The van der Waals surface area contributed by atoms with Crippen molar-refractivity contribution < 1.29 is 10.2 Å². The van der Waals surface area contributed by atoms with Crippen LogP contribution in [0.2, 0.25) is 0 Å². The Balaban J connectivity index is 2.49. The van der Waals surface area contributed by atoms with Gasteiger partial charge in [0.15, 0.2) is 0 Å². The van der Waals surface area contributed by atoms with Crippen molar-refractivity contribution >= 4 is 0 Å². The molecule has 0 saturated carbocycles. The van der Waals surface area contributed by atoms with Gasteiger partial charge >= 0.3 is 0 Å². The number of hydrogen-bond acceptors (Lipinski definition) is 6. The van der Waals surface area contributed by atoms with Crippen LogP contribution in [0.25, 0.3) is 0 Å². The van der Waals surface area contributed by atoms with Gasteiger partial charge in [0.2, 0.25) is 0 Å². The quantitative estimate of drug-likeness (QED) is 0.529. The van der Waals surface area contributed by atoms with Crippen molar-refractivity contribution in [2.75, 3.05) is 46.2 Å². The maximum atomic E-state index is 9.44. The number of rotatable bonds is 6. The van der Waals surface area contributed by atoms with Crippen LogP contribution in [-0.2, 0) is 0 Å². The lowest BCUT2D eigenvalue weighted by molar-refractivity contribution is -0.0550. The summed E-state index contributed by atoms with van der Waals surface area (Å²) in [6.45, 7) is 8.81. The predicted octanol–water partition coefficient (Wildman–Crippen LogP) is -1.50. The Morgan fingerprint density at radius 3 is 1.71 bits per heavy atom. The fourth-order valence-corrected chi connectivity index (χ4v) is 2.28. The first-order valence-corrected chi connectivity index (χ1v) is 6.24. The zero-order valence-corrected chi connectivity index (χ0v) is 10.9. The van der Waals surface area contributed by atoms with Crippen LogP contribution in [0.15, 0.2) is 0 Å². The third kappa shape index (κ3) is 5.76. The van der Waals surface area contributed by atoms with Crippen molar-refractivity contribution in [1.82, 2.24) is 14.7 Å². The molecule has 0 radical (unpaired) electrons. The van der Waals surface area contributed by atoms with E-state index in [0.717, 1.165) is 26.6 Å². The highest BCUT2D eigenvalue weighted by molar-refractivity contribution is 4.72. The fraction of sp³-hybridized carbons (Fsp3) is 1.00. The Labute approximate surface area is 104 Å². The Morgan fingerprint density at radius 2 is 1.35 bits per heavy atom. The Hall–Kier alpha value is -0.240. The summed E-state index contributed by atoms with van der Waals surface area (Å²) in [5, 5.41) is 18.9. The molecule has 1 rings (SSSR count). The molecule has 0 spiro atoms. The molecule has 1 saturated heterocycles. The van der Waals surface area contributed by atoms with E-state index >= 15 is 0 Å². The van der Waals surface area contributed by atoms with E-state index < -0.39 is 0 Å². The van der Waals surface area contributed by atoms with E-state index in [1.54, 1.807) is 13.8 Å². The third-order valence-electron chi connectivity index (χ3n) is 2.69. The van der Waals surface area contributed by atoms with Gasteiger partial charge in [0.1, 0.15) is 0 Å². The molecule has 2 atom stereocenters. The molecule has 102 valence electrons. The zero-order chi connectivity index (χ0) is 12.8. The molecule has 6 heteroatoms. The van der Waals surface area contributed by atoms with Crippen molar-refractivity contribution in [2.24, 2.45) is 5.73 Å². The van der Waals surface area contributed by atoms with Crippen LogP contribution in [0, 0.1) is 0 Å². The van der Waals surface area contributed by atoms with Crippen LogP contribution in [0.3, 0.4) is 0 Å². The van der Waals surface area contributed by atoms with E-state index in [2.05, 4.69) is 14.7 Å². The van der Waals surface area contributed by atoms with E-state index in [4.69, 9.17) is 5.73 Å². The normalized spacial score (nSPS) is 23.8. The molecule has 0 aromatic rings. The van der Waals surface area contributed by atoms with Gasteiger partial charge in [0, 0.05) is 26.2 Å². The lowest BCUT2D eigenvalue weighted by Gasteiger charge is -2.43. The van der Waals surface area contributed by atoms with Crippen molar-refractivity contribution in [3.63, 3.8) is 0 Å². The molecule has 0 aromatic carbocycles. The highest BCUT2D eigenvalue weighted by atomic mass is 16.3. The molecule has 4 N–H and O–H groups in total. The topological polar surface area (TPSA) is 76.2 Å². The standard InChI is InChI=1S/C11H26N4O2/c1-10(16)5-14-7-13(4-3-12)8-15(9-14)6-11(2)17/h10-11,16-17H,3-9,12H2,1-2H3. The number of β-amino-alcohol motifs (C(OH)–C–C–N with tert-alkyl or cyclic N) is 2. The molecule has 1 fully saturated rings. The third-order valence-corrected chi connectivity index (χ3v) is 2.69. The van der Waals surface area contributed by atoms with Gasteiger partial charge in [-0.05, 0) is 13.8 Å². The molecule has 0 bridgehead atoms. The van der Waals surface area contributed by atoms with E-state index in [-0.39, 0.29) is 12.2 Å². The minimum absolute atomic E-state index is 0.332. The first kappa shape index (κ1) is 14.8. The minimum Gasteiger partial charge on any atom is -0.392 e. The van der Waals surface area contributed by atoms with Gasteiger partial charge in [-0.3, -0.25) is 14.7 Å². The molecule has 1 aliphatic heterocycles. The van der Waals surface area contributed by atoms with E-state index in [9.17, 15) is 10.2 Å². The number of aliphatic hydroxyl groups excluding tert-OH is 2. The van der Waals surface area contributed by atoms with Gasteiger partial charge in [-0.1, -0.05) is 0 Å². The smallest absolute Gasteiger partial charge is 0.0640 e. The first-order valence-electron chi connectivity index (χ1n) is 6.24. The summed E-state index contributed by atoms with van der Waals surface area (Å²) in [5.41, 5.74) is 5.58. The summed E-state index contributed by atoms with van der Waals surface area (Å²) in [7, 11) is 0. The maximum Gasteiger partial charge on any atom is 0.0640 e. The van der Waals surface area contributed by atoms with Crippen molar-refractivity contribution in [3.05, 3.63) is 0 Å². The second kappa shape index (κ2) is 7.25. The largest absolute Gasteiger partial charge is 0.392 e. The molecule has 0 aliphatic carbocycles. The summed E-state index contributed by atoms with van der Waals surface area (Å²) < 4.78 is 0. The first-order chi connectivity index (χ1) is 8.01. The van der Waals surface area contributed by atoms with Crippen LogP contribution in [0.4, 0.5) is 0 Å². The summed E-state index contributed by atoms with van der Waals surface area (Å²) in [6.07, 6.45) is -0.664. The number of nitrogens with two attached hydrogens (primary N) is 1. The molecule has 1 heterocycles. The molecule has 1 aliphatic rings. The van der Waals surface area contributed by atoms with Crippen LogP contribution < -0.4 is 5.73 Å².